The van der Waals surface area contributed by atoms with Crippen molar-refractivity contribution in [1.29, 1.82) is 0 Å². The summed E-state index contributed by atoms with van der Waals surface area (Å²) in [5.41, 5.74) is 7.32. The monoisotopic (exact) mass is 298 g/mol. The van der Waals surface area contributed by atoms with E-state index in [1.807, 2.05) is 0 Å². The van der Waals surface area contributed by atoms with E-state index in [-0.39, 0.29) is 6.10 Å². The Hall–Kier alpha value is -1.46. The Kier molecular flexibility index (Phi) is 4.73. The number of benzene rings is 1. The molecule has 1 aromatic rings. The van der Waals surface area contributed by atoms with Gasteiger partial charge in [-0.2, -0.15) is 0 Å². The Morgan fingerprint density at radius 3 is 2.55 bits per heavy atom. The third kappa shape index (κ3) is 2.99. The van der Waals surface area contributed by atoms with Crippen LogP contribution in [0.4, 0.5) is 11.4 Å². The standard InChI is InChI=1S/C14H19ClN2O3/c1-19-10-3-5-17(6-4-10)13-11(14(18)20-2)7-9(16)8-12(13)15/h7-8,10H,3-6,16H2,1-2H3. The van der Waals surface area contributed by atoms with Crippen LogP contribution in [0.2, 0.25) is 5.02 Å². The minimum atomic E-state index is -0.428. The molecule has 6 heteroatoms. The largest absolute Gasteiger partial charge is 0.465 e. The van der Waals surface area contributed by atoms with Gasteiger partial charge in [0.1, 0.15) is 0 Å². The van der Waals surface area contributed by atoms with Gasteiger partial charge in [0.2, 0.25) is 0 Å². The van der Waals surface area contributed by atoms with Crippen LogP contribution in [0, 0.1) is 0 Å². The summed E-state index contributed by atoms with van der Waals surface area (Å²) in [6.45, 7) is 1.57. The number of hydrogen-bond donors (Lipinski definition) is 1. The van der Waals surface area contributed by atoms with Crippen LogP contribution in [-0.2, 0) is 9.47 Å². The maximum atomic E-state index is 11.9. The number of nitrogen functional groups attached to an aromatic ring is 1. The molecule has 0 spiro atoms. The van der Waals surface area contributed by atoms with Crippen LogP contribution in [0.25, 0.3) is 0 Å². The van der Waals surface area contributed by atoms with E-state index in [2.05, 4.69) is 4.90 Å². The lowest BCUT2D eigenvalue weighted by Crippen LogP contribution is -2.37. The number of carbonyl (C=O) groups excluding carboxylic acids is 1. The lowest BCUT2D eigenvalue weighted by molar-refractivity contribution is 0.0601. The SMILES string of the molecule is COC(=O)c1cc(N)cc(Cl)c1N1CCC(OC)CC1. The molecule has 1 aromatic carbocycles. The lowest BCUT2D eigenvalue weighted by Gasteiger charge is -2.34. The van der Waals surface area contributed by atoms with Crippen molar-refractivity contribution in [3.05, 3.63) is 22.7 Å². The predicted octanol–water partition coefficient (Wildman–Crippen LogP) is 2.32. The number of rotatable bonds is 3. The van der Waals surface area contributed by atoms with Crippen molar-refractivity contribution >= 4 is 28.9 Å². The van der Waals surface area contributed by atoms with Crippen molar-refractivity contribution in [3.63, 3.8) is 0 Å². The first-order valence-electron chi connectivity index (χ1n) is 6.52. The van der Waals surface area contributed by atoms with Gasteiger partial charge in [0.15, 0.2) is 0 Å². The summed E-state index contributed by atoms with van der Waals surface area (Å²) in [7, 11) is 3.07. The van der Waals surface area contributed by atoms with E-state index in [1.54, 1.807) is 19.2 Å². The molecule has 0 radical (unpaired) electrons. The van der Waals surface area contributed by atoms with Crippen molar-refractivity contribution in [2.45, 2.75) is 18.9 Å². The fourth-order valence-electron chi connectivity index (χ4n) is 2.52. The van der Waals surface area contributed by atoms with Gasteiger partial charge < -0.3 is 20.1 Å². The third-order valence-electron chi connectivity index (χ3n) is 3.58. The lowest BCUT2D eigenvalue weighted by atomic mass is 10.0. The smallest absolute Gasteiger partial charge is 0.340 e. The van der Waals surface area contributed by atoms with Crippen molar-refractivity contribution in [3.8, 4) is 0 Å². The summed E-state index contributed by atoms with van der Waals surface area (Å²) in [5, 5.41) is 0.473. The van der Waals surface area contributed by atoms with E-state index < -0.39 is 5.97 Å². The van der Waals surface area contributed by atoms with Crippen LogP contribution in [0.5, 0.6) is 0 Å². The van der Waals surface area contributed by atoms with Gasteiger partial charge in [0.05, 0.1) is 29.5 Å². The zero-order chi connectivity index (χ0) is 14.7. The van der Waals surface area contributed by atoms with Gasteiger partial charge in [-0.15, -0.1) is 0 Å². The molecule has 5 nitrogen and oxygen atoms in total. The summed E-state index contributed by atoms with van der Waals surface area (Å²) < 4.78 is 10.2. The molecule has 1 saturated heterocycles. The number of nitrogens with zero attached hydrogens (tertiary/aromatic N) is 1. The molecule has 2 N–H and O–H groups in total. The van der Waals surface area contributed by atoms with E-state index >= 15 is 0 Å². The first kappa shape index (κ1) is 14.9. The van der Waals surface area contributed by atoms with Crippen LogP contribution >= 0.6 is 11.6 Å². The number of ether oxygens (including phenoxy) is 2. The number of esters is 1. The zero-order valence-corrected chi connectivity index (χ0v) is 12.4. The first-order valence-corrected chi connectivity index (χ1v) is 6.89. The van der Waals surface area contributed by atoms with Gasteiger partial charge in [-0.05, 0) is 25.0 Å². The molecule has 1 aliphatic rings. The Balaban J connectivity index is 2.33. The number of piperidine rings is 1. The fraction of sp³-hybridized carbons (Fsp3) is 0.500. The molecule has 0 unspecified atom stereocenters. The molecule has 0 aliphatic carbocycles. The molecule has 110 valence electrons. The topological polar surface area (TPSA) is 64.8 Å². The quantitative estimate of drug-likeness (QED) is 0.685. The Morgan fingerprint density at radius 1 is 1.35 bits per heavy atom. The second-order valence-corrected chi connectivity index (χ2v) is 5.22. The van der Waals surface area contributed by atoms with Crippen molar-refractivity contribution in [2.24, 2.45) is 0 Å². The summed E-state index contributed by atoms with van der Waals surface area (Å²) in [4.78, 5) is 14.0. The third-order valence-corrected chi connectivity index (χ3v) is 3.87. The van der Waals surface area contributed by atoms with Crippen LogP contribution in [0.15, 0.2) is 12.1 Å². The second kappa shape index (κ2) is 6.33. The second-order valence-electron chi connectivity index (χ2n) is 4.81. The highest BCUT2D eigenvalue weighted by molar-refractivity contribution is 6.34. The van der Waals surface area contributed by atoms with Crippen molar-refractivity contribution in [1.82, 2.24) is 0 Å². The summed E-state index contributed by atoms with van der Waals surface area (Å²) in [6, 6.07) is 3.27. The molecule has 0 aromatic heterocycles. The van der Waals surface area contributed by atoms with E-state index in [4.69, 9.17) is 26.8 Å². The highest BCUT2D eigenvalue weighted by Crippen LogP contribution is 2.34. The predicted molar refractivity (Wildman–Crippen MR) is 79.4 cm³/mol. The number of hydrogen-bond acceptors (Lipinski definition) is 5. The highest BCUT2D eigenvalue weighted by atomic mass is 35.5. The van der Waals surface area contributed by atoms with Gasteiger partial charge in [-0.1, -0.05) is 11.6 Å². The van der Waals surface area contributed by atoms with Crippen LogP contribution in [-0.4, -0.2) is 39.4 Å². The zero-order valence-electron chi connectivity index (χ0n) is 11.7. The molecule has 1 aliphatic heterocycles. The van der Waals surface area contributed by atoms with Crippen LogP contribution in [0.1, 0.15) is 23.2 Å². The molecular weight excluding hydrogens is 280 g/mol. The number of carbonyl (C=O) groups is 1. The Bertz CT molecular complexity index is 499. The van der Waals surface area contributed by atoms with Crippen LogP contribution < -0.4 is 10.6 Å². The number of nitrogens with two attached hydrogens (primary N) is 1. The van der Waals surface area contributed by atoms with Gasteiger partial charge in [-0.3, -0.25) is 0 Å². The van der Waals surface area contributed by atoms with E-state index in [9.17, 15) is 4.79 Å². The minimum Gasteiger partial charge on any atom is -0.465 e. The molecule has 20 heavy (non-hydrogen) atoms. The minimum absolute atomic E-state index is 0.264. The molecule has 1 heterocycles. The maximum Gasteiger partial charge on any atom is 0.340 e. The summed E-state index contributed by atoms with van der Waals surface area (Å²) in [5.74, 6) is -0.428. The van der Waals surface area contributed by atoms with Gasteiger partial charge in [-0.25, -0.2) is 4.79 Å². The van der Waals surface area contributed by atoms with E-state index in [1.165, 1.54) is 7.11 Å². The van der Waals surface area contributed by atoms with E-state index in [0.29, 0.717) is 22.0 Å². The Morgan fingerprint density at radius 2 is 2.00 bits per heavy atom. The number of halogens is 1. The fourth-order valence-corrected chi connectivity index (χ4v) is 2.87. The highest BCUT2D eigenvalue weighted by Gasteiger charge is 2.25. The number of anilines is 2. The molecule has 0 bridgehead atoms. The molecule has 0 amide bonds. The van der Waals surface area contributed by atoms with Crippen molar-refractivity contribution in [2.75, 3.05) is 37.9 Å². The molecular formula is C14H19ClN2O3. The summed E-state index contributed by atoms with van der Waals surface area (Å²) >= 11 is 6.28. The first-order chi connectivity index (χ1) is 9.56. The maximum absolute atomic E-state index is 11.9. The van der Waals surface area contributed by atoms with Gasteiger partial charge >= 0.3 is 5.97 Å². The van der Waals surface area contributed by atoms with E-state index in [0.717, 1.165) is 25.9 Å². The summed E-state index contributed by atoms with van der Waals surface area (Å²) in [6.07, 6.45) is 2.07. The molecule has 2 rings (SSSR count). The van der Waals surface area contributed by atoms with Gasteiger partial charge in [0.25, 0.3) is 0 Å². The molecule has 0 saturated carbocycles. The average Bonchev–Trinajstić information content (AvgIpc) is 2.46. The average molecular weight is 299 g/mol. The van der Waals surface area contributed by atoms with Crippen molar-refractivity contribution < 1.29 is 14.3 Å². The molecule has 1 fully saturated rings. The normalized spacial score (nSPS) is 16.2. The van der Waals surface area contributed by atoms with Crippen LogP contribution in [0.3, 0.4) is 0 Å². The van der Waals surface area contributed by atoms with Gasteiger partial charge in [0, 0.05) is 25.9 Å². The molecule has 0 atom stereocenters. The Labute approximate surface area is 123 Å². The number of methoxy groups -OCH3 is 2.